The zero-order valence-corrected chi connectivity index (χ0v) is 25.0. The summed E-state index contributed by atoms with van der Waals surface area (Å²) in [7, 11) is -4.61. The van der Waals surface area contributed by atoms with Gasteiger partial charge in [0.05, 0.1) is 16.4 Å². The monoisotopic (exact) mass is 679 g/mol. The van der Waals surface area contributed by atoms with Crippen molar-refractivity contribution >= 4 is 21.7 Å². The van der Waals surface area contributed by atoms with Crippen molar-refractivity contribution in [2.45, 2.75) is 91.5 Å². The zero-order chi connectivity index (χ0) is 33.7. The Bertz CT molecular complexity index is 1670. The molecule has 4 aliphatic carbocycles. The summed E-state index contributed by atoms with van der Waals surface area (Å²) in [4.78, 5) is 27.3. The minimum absolute atomic E-state index is 0.116. The number of carbonyl (C=O) groups is 2. The van der Waals surface area contributed by atoms with E-state index in [1.807, 2.05) is 0 Å². The predicted molar refractivity (Wildman–Crippen MR) is 145 cm³/mol. The van der Waals surface area contributed by atoms with Crippen molar-refractivity contribution in [1.29, 1.82) is 0 Å². The van der Waals surface area contributed by atoms with Gasteiger partial charge in [-0.05, 0) is 93.2 Å². The molecule has 2 bridgehead atoms. The number of aliphatic carboxylic acids is 1. The number of alkyl halides is 7. The van der Waals surface area contributed by atoms with Crippen LogP contribution in [-0.4, -0.2) is 55.2 Å². The highest BCUT2D eigenvalue weighted by Gasteiger charge is 2.74. The fraction of sp³-hybridized carbons (Fsp3) is 0.548. The van der Waals surface area contributed by atoms with Gasteiger partial charge in [-0.15, -0.1) is 0 Å². The molecule has 15 heteroatoms. The number of rotatable bonds is 5. The van der Waals surface area contributed by atoms with E-state index in [2.05, 4.69) is 0 Å². The van der Waals surface area contributed by atoms with Gasteiger partial charge < -0.3 is 10.0 Å². The molecule has 1 heterocycles. The summed E-state index contributed by atoms with van der Waals surface area (Å²) in [5.74, 6) is -2.06. The molecule has 1 amide bonds. The summed E-state index contributed by atoms with van der Waals surface area (Å²) in [6.45, 7) is -0.116. The Morgan fingerprint density at radius 2 is 1.35 bits per heavy atom. The van der Waals surface area contributed by atoms with E-state index in [9.17, 15) is 53.8 Å². The first kappa shape index (κ1) is 32.7. The third kappa shape index (κ3) is 4.28. The molecule has 46 heavy (non-hydrogen) atoms. The smallest absolute Gasteiger partial charge is 0.435 e. The topological polar surface area (TPSA) is 91.8 Å². The third-order valence-corrected chi connectivity index (χ3v) is 13.6. The average molecular weight is 680 g/mol. The molecule has 250 valence electrons. The minimum atomic E-state index is -6.37. The molecule has 2 aromatic carbocycles. The number of fused-ring (bicyclic) bond motifs is 6. The first-order valence-electron chi connectivity index (χ1n) is 14.8. The molecule has 0 aromatic heterocycles. The molecule has 7 rings (SSSR count). The Morgan fingerprint density at radius 1 is 0.804 bits per heavy atom. The number of amides is 1. The van der Waals surface area contributed by atoms with Crippen molar-refractivity contribution < 1.29 is 58.2 Å². The van der Waals surface area contributed by atoms with E-state index >= 15 is 4.39 Å². The maximum atomic E-state index is 15.1. The van der Waals surface area contributed by atoms with Crippen LogP contribution in [0.3, 0.4) is 0 Å². The first-order chi connectivity index (χ1) is 21.3. The molecule has 1 N–H and O–H groups in total. The van der Waals surface area contributed by atoms with Crippen LogP contribution < -0.4 is 0 Å². The van der Waals surface area contributed by atoms with Crippen molar-refractivity contribution in [3.8, 4) is 0 Å². The minimum Gasteiger partial charge on any atom is -0.481 e. The largest absolute Gasteiger partial charge is 0.481 e. The molecular formula is C31H29F8NO5S. The van der Waals surface area contributed by atoms with Gasteiger partial charge in [0.15, 0.2) is 9.84 Å². The summed E-state index contributed by atoms with van der Waals surface area (Å²) >= 11 is 0. The highest BCUT2D eigenvalue weighted by atomic mass is 32.2. The van der Waals surface area contributed by atoms with Crippen LogP contribution in [0.4, 0.5) is 35.1 Å². The summed E-state index contributed by atoms with van der Waals surface area (Å²) in [6, 6.07) is 4.16. The molecular weight excluding hydrogens is 650 g/mol. The van der Waals surface area contributed by atoms with Gasteiger partial charge in [-0.1, -0.05) is 18.2 Å². The van der Waals surface area contributed by atoms with Gasteiger partial charge in [0.1, 0.15) is 10.6 Å². The molecule has 2 atom stereocenters. The number of halogens is 8. The highest BCUT2D eigenvalue weighted by Crippen LogP contribution is 2.61. The molecule has 0 radical (unpaired) electrons. The van der Waals surface area contributed by atoms with Crippen molar-refractivity contribution in [2.24, 2.45) is 10.8 Å². The standard InChI is InChI=1S/C31H29F8NO5S/c32-20-3-5-21(6-4-20)46(44,45)28-15-16-40(24(41)26-9-12-27(13-10-26,14-11-26)25(42)43)23(28)8-1-18-17-19(2-7-22(18)28)29(33,30(34,35)36)31(37,38)39/h2-7,17,23H,1,8-16H2,(H,42,43)/t23-,26?,27?,28-/m1/s1. The Labute approximate surface area is 258 Å². The van der Waals surface area contributed by atoms with E-state index in [1.54, 1.807) is 0 Å². The Kier molecular flexibility index (Phi) is 7.20. The van der Waals surface area contributed by atoms with Crippen LogP contribution in [0.1, 0.15) is 68.1 Å². The van der Waals surface area contributed by atoms with Crippen molar-refractivity contribution in [1.82, 2.24) is 4.90 Å². The summed E-state index contributed by atoms with van der Waals surface area (Å²) in [5, 5.41) is 9.77. The maximum absolute atomic E-state index is 15.1. The van der Waals surface area contributed by atoms with Crippen LogP contribution in [0.5, 0.6) is 0 Å². The van der Waals surface area contributed by atoms with Crippen LogP contribution in [0.15, 0.2) is 47.4 Å². The highest BCUT2D eigenvalue weighted by molar-refractivity contribution is 7.92. The second-order valence-electron chi connectivity index (χ2n) is 13.0. The number of sulfone groups is 1. The van der Waals surface area contributed by atoms with E-state index in [-0.39, 0.29) is 86.3 Å². The fourth-order valence-corrected chi connectivity index (χ4v) is 10.8. The summed E-state index contributed by atoms with van der Waals surface area (Å²) in [6.07, 6.45) is -11.8. The number of benzene rings is 2. The van der Waals surface area contributed by atoms with Crippen molar-refractivity contribution in [2.75, 3.05) is 6.54 Å². The lowest BCUT2D eigenvalue weighted by Gasteiger charge is -2.52. The number of likely N-dealkylation sites (tertiary alicyclic amines) is 1. The van der Waals surface area contributed by atoms with Crippen LogP contribution in [0.25, 0.3) is 0 Å². The lowest BCUT2D eigenvalue weighted by molar-refractivity contribution is -0.348. The molecule has 0 unspecified atom stereocenters. The Balaban J connectivity index is 1.47. The van der Waals surface area contributed by atoms with Crippen LogP contribution in [-0.2, 0) is 36.3 Å². The number of nitrogens with zero attached hydrogens (tertiary/aromatic N) is 1. The lowest BCUT2D eigenvalue weighted by atomic mass is 9.53. The van der Waals surface area contributed by atoms with E-state index in [0.29, 0.717) is 12.1 Å². The van der Waals surface area contributed by atoms with Gasteiger partial charge >= 0.3 is 24.0 Å². The number of carboxylic acid groups (broad SMARTS) is 1. The molecule has 2 aromatic rings. The zero-order valence-electron chi connectivity index (χ0n) is 24.1. The molecule has 4 fully saturated rings. The Morgan fingerprint density at radius 3 is 1.87 bits per heavy atom. The van der Waals surface area contributed by atoms with Gasteiger partial charge in [0, 0.05) is 17.5 Å². The molecule has 5 aliphatic rings. The second-order valence-corrected chi connectivity index (χ2v) is 15.2. The molecule has 0 spiro atoms. The normalized spacial score (nSPS) is 29.7. The molecule has 1 saturated heterocycles. The van der Waals surface area contributed by atoms with Gasteiger partial charge in [0.2, 0.25) is 5.91 Å². The lowest BCUT2D eigenvalue weighted by Crippen LogP contribution is -2.57. The SMILES string of the molecule is O=C(O)C12CCC(C(=O)N3CC[C@@]4(S(=O)(=O)c5ccc(F)cc5)c5ccc(C(F)(C(F)(F)F)C(F)(F)F)cc5CC[C@@H]34)(CC1)CC2. The summed E-state index contributed by atoms with van der Waals surface area (Å²) in [5.41, 5.74) is -9.71. The van der Waals surface area contributed by atoms with Crippen LogP contribution in [0, 0.1) is 16.6 Å². The number of hydrogen-bond acceptors (Lipinski definition) is 4. The van der Waals surface area contributed by atoms with Crippen LogP contribution >= 0.6 is 0 Å². The second kappa shape index (κ2) is 10.1. The first-order valence-corrected chi connectivity index (χ1v) is 16.3. The number of carboxylic acids is 1. The van der Waals surface area contributed by atoms with Crippen LogP contribution in [0.2, 0.25) is 0 Å². The maximum Gasteiger partial charge on any atom is 0.435 e. The third-order valence-electron chi connectivity index (χ3n) is 11.1. The van der Waals surface area contributed by atoms with E-state index in [4.69, 9.17) is 0 Å². The van der Waals surface area contributed by atoms with Gasteiger partial charge in [-0.2, -0.15) is 26.3 Å². The van der Waals surface area contributed by atoms with E-state index < -0.39 is 66.8 Å². The van der Waals surface area contributed by atoms with E-state index in [1.165, 1.54) is 4.90 Å². The molecule has 3 saturated carbocycles. The summed E-state index contributed by atoms with van der Waals surface area (Å²) < 4.78 is 138. The number of carbonyl (C=O) groups excluding carboxylic acids is 1. The average Bonchev–Trinajstić information content (AvgIpc) is 3.41. The van der Waals surface area contributed by atoms with Crippen molar-refractivity contribution in [3.05, 3.63) is 65.0 Å². The quantitative estimate of drug-likeness (QED) is 0.279. The van der Waals surface area contributed by atoms with E-state index in [0.717, 1.165) is 30.3 Å². The number of aryl methyl sites for hydroxylation is 1. The van der Waals surface area contributed by atoms with Gasteiger partial charge in [-0.25, -0.2) is 17.2 Å². The predicted octanol–water partition coefficient (Wildman–Crippen LogP) is 6.76. The number of hydrogen-bond donors (Lipinski definition) is 1. The van der Waals surface area contributed by atoms with Gasteiger partial charge in [-0.3, -0.25) is 9.59 Å². The van der Waals surface area contributed by atoms with Gasteiger partial charge in [0.25, 0.3) is 0 Å². The molecule has 1 aliphatic heterocycles. The Hall–Kier alpha value is -3.23. The fourth-order valence-electron chi connectivity index (χ4n) is 8.43. The molecule has 6 nitrogen and oxygen atoms in total. The van der Waals surface area contributed by atoms with Crippen molar-refractivity contribution in [3.63, 3.8) is 0 Å².